The zero-order valence-electron chi connectivity index (χ0n) is 13.4. The summed E-state index contributed by atoms with van der Waals surface area (Å²) >= 11 is 3.78. The average molecular weight is 456 g/mol. The molecule has 1 fully saturated rings. The summed E-state index contributed by atoms with van der Waals surface area (Å²) in [6.45, 7) is 3.86. The number of amidine groups is 1. The zero-order chi connectivity index (χ0) is 17.3. The minimum atomic E-state index is -0.478. The summed E-state index contributed by atoms with van der Waals surface area (Å²) in [6.07, 6.45) is 0.444. The van der Waals surface area contributed by atoms with E-state index in [1.165, 1.54) is 0 Å². The molecule has 0 spiro atoms. The molecular weight excluding hydrogens is 439 g/mol. The Bertz CT molecular complexity index is 743. The summed E-state index contributed by atoms with van der Waals surface area (Å²) in [4.78, 5) is 31.3. The third-order valence-electron chi connectivity index (χ3n) is 3.89. The van der Waals surface area contributed by atoms with Gasteiger partial charge < -0.3 is 4.74 Å². The number of carbonyl (C=O) groups excluding carboxylic acids is 2. The third kappa shape index (κ3) is 3.23. The highest BCUT2D eigenvalue weighted by atomic mass is 127. The number of amides is 1. The Balaban J connectivity index is 2.14. The van der Waals surface area contributed by atoms with Crippen molar-refractivity contribution in [1.82, 2.24) is 4.90 Å². The summed E-state index contributed by atoms with van der Waals surface area (Å²) in [6, 6.07) is 7.37. The Morgan fingerprint density at radius 1 is 1.42 bits per heavy atom. The highest BCUT2D eigenvalue weighted by Crippen LogP contribution is 2.40. The number of fused-ring (bicyclic) bond motifs is 1. The second-order valence-electron chi connectivity index (χ2n) is 5.43. The summed E-state index contributed by atoms with van der Waals surface area (Å²) in [5.74, 6) is 0.297. The van der Waals surface area contributed by atoms with Gasteiger partial charge in [-0.1, -0.05) is 23.9 Å². The van der Waals surface area contributed by atoms with Gasteiger partial charge in [0.15, 0.2) is 5.17 Å². The smallest absolute Gasteiger partial charge is 0.338 e. The number of rotatable bonds is 3. The molecule has 0 radical (unpaired) electrons. The van der Waals surface area contributed by atoms with Crippen LogP contribution in [0, 0.1) is 3.57 Å². The van der Waals surface area contributed by atoms with E-state index in [-0.39, 0.29) is 12.5 Å². The minimum absolute atomic E-state index is 0.00894. The van der Waals surface area contributed by atoms with Gasteiger partial charge in [-0.25, -0.2) is 9.79 Å². The standard InChI is InChI=1S/C17H17IN2O3S/c1-3-23-16(22)14-10(2)19-17-20(13(21)8-9-24-17)15(14)11-4-6-12(18)7-5-11/h4-7,15H,3,8-9H2,1-2H3/t15-/m1/s1. The average Bonchev–Trinajstić information content (AvgIpc) is 2.55. The lowest BCUT2D eigenvalue weighted by Gasteiger charge is -2.38. The van der Waals surface area contributed by atoms with E-state index in [1.807, 2.05) is 24.3 Å². The zero-order valence-corrected chi connectivity index (χ0v) is 16.4. The Labute approximate surface area is 158 Å². The van der Waals surface area contributed by atoms with Crippen LogP contribution in [0.1, 0.15) is 31.9 Å². The number of hydrogen-bond donors (Lipinski definition) is 0. The summed E-state index contributed by atoms with van der Waals surface area (Å²) in [5, 5.41) is 0.667. The number of halogens is 1. The largest absolute Gasteiger partial charge is 0.463 e. The molecule has 0 aromatic heterocycles. The lowest BCUT2D eigenvalue weighted by molar-refractivity contribution is -0.139. The van der Waals surface area contributed by atoms with E-state index < -0.39 is 12.0 Å². The van der Waals surface area contributed by atoms with Crippen molar-refractivity contribution in [3.05, 3.63) is 44.7 Å². The Morgan fingerprint density at radius 2 is 2.12 bits per heavy atom. The van der Waals surface area contributed by atoms with Crippen LogP contribution < -0.4 is 0 Å². The minimum Gasteiger partial charge on any atom is -0.463 e. The molecule has 1 aromatic carbocycles. The summed E-state index contributed by atoms with van der Waals surface area (Å²) < 4.78 is 6.33. The fourth-order valence-corrected chi connectivity index (χ4v) is 4.19. The quantitative estimate of drug-likeness (QED) is 0.516. The number of aliphatic imine (C=N–C) groups is 1. The van der Waals surface area contributed by atoms with E-state index in [1.54, 1.807) is 30.5 Å². The second kappa shape index (κ2) is 7.26. The van der Waals surface area contributed by atoms with Crippen LogP contribution in [0.5, 0.6) is 0 Å². The van der Waals surface area contributed by atoms with Crippen molar-refractivity contribution >= 4 is 51.4 Å². The molecule has 7 heteroatoms. The molecule has 5 nitrogen and oxygen atoms in total. The van der Waals surface area contributed by atoms with E-state index in [9.17, 15) is 9.59 Å². The van der Waals surface area contributed by atoms with Crippen molar-refractivity contribution < 1.29 is 14.3 Å². The molecule has 2 heterocycles. The first-order valence-corrected chi connectivity index (χ1v) is 9.76. The lowest BCUT2D eigenvalue weighted by Crippen LogP contribution is -2.45. The van der Waals surface area contributed by atoms with Crippen LogP contribution in [0.3, 0.4) is 0 Å². The molecule has 126 valence electrons. The first-order chi connectivity index (χ1) is 11.5. The van der Waals surface area contributed by atoms with Gasteiger partial charge in [0.2, 0.25) is 5.91 Å². The number of ether oxygens (including phenoxy) is 1. The number of nitrogens with zero attached hydrogens (tertiary/aromatic N) is 2. The summed E-state index contributed by atoms with van der Waals surface area (Å²) in [7, 11) is 0. The van der Waals surface area contributed by atoms with E-state index in [0.717, 1.165) is 14.9 Å². The highest BCUT2D eigenvalue weighted by molar-refractivity contribution is 14.1. The number of hydrogen-bond acceptors (Lipinski definition) is 5. The molecular formula is C17H17IN2O3S. The van der Waals surface area contributed by atoms with Gasteiger partial charge in [-0.05, 0) is 54.1 Å². The molecule has 3 rings (SSSR count). The van der Waals surface area contributed by atoms with Gasteiger partial charge in [-0.2, -0.15) is 0 Å². The first-order valence-electron chi connectivity index (χ1n) is 7.69. The fourth-order valence-electron chi connectivity index (χ4n) is 2.83. The number of benzene rings is 1. The van der Waals surface area contributed by atoms with Crippen molar-refractivity contribution in [2.45, 2.75) is 26.3 Å². The second-order valence-corrected chi connectivity index (χ2v) is 7.74. The van der Waals surface area contributed by atoms with E-state index in [0.29, 0.717) is 22.9 Å². The molecule has 0 bridgehead atoms. The predicted octanol–water partition coefficient (Wildman–Crippen LogP) is 3.50. The molecule has 1 atom stereocenters. The molecule has 2 aliphatic rings. The Kier molecular flexibility index (Phi) is 5.29. The van der Waals surface area contributed by atoms with Crippen LogP contribution in [0.15, 0.2) is 40.5 Å². The van der Waals surface area contributed by atoms with Gasteiger partial charge in [0, 0.05) is 15.7 Å². The van der Waals surface area contributed by atoms with Crippen molar-refractivity contribution in [2.24, 2.45) is 4.99 Å². The molecule has 0 aliphatic carbocycles. The van der Waals surface area contributed by atoms with Gasteiger partial charge >= 0.3 is 5.97 Å². The maximum absolute atomic E-state index is 12.6. The fraction of sp³-hybridized carbons (Fsp3) is 0.353. The van der Waals surface area contributed by atoms with E-state index in [4.69, 9.17) is 4.74 Å². The number of carbonyl (C=O) groups is 2. The monoisotopic (exact) mass is 456 g/mol. The van der Waals surface area contributed by atoms with Gasteiger partial charge in [0.1, 0.15) is 0 Å². The molecule has 1 saturated heterocycles. The molecule has 1 aromatic rings. The van der Waals surface area contributed by atoms with Crippen LogP contribution >= 0.6 is 34.4 Å². The van der Waals surface area contributed by atoms with Gasteiger partial charge in [-0.15, -0.1) is 0 Å². The molecule has 24 heavy (non-hydrogen) atoms. The normalized spacial score (nSPS) is 20.6. The molecule has 0 N–H and O–H groups in total. The molecule has 0 saturated carbocycles. The molecule has 1 amide bonds. The number of esters is 1. The van der Waals surface area contributed by atoms with Crippen LogP contribution in [0.2, 0.25) is 0 Å². The highest BCUT2D eigenvalue weighted by Gasteiger charge is 2.41. The summed E-state index contributed by atoms with van der Waals surface area (Å²) in [5.41, 5.74) is 1.95. The van der Waals surface area contributed by atoms with Crippen molar-refractivity contribution in [1.29, 1.82) is 0 Å². The van der Waals surface area contributed by atoms with E-state index in [2.05, 4.69) is 27.6 Å². The van der Waals surface area contributed by atoms with E-state index >= 15 is 0 Å². The van der Waals surface area contributed by atoms with Crippen LogP contribution in [0.25, 0.3) is 0 Å². The molecule has 2 aliphatic heterocycles. The first kappa shape index (κ1) is 17.5. The van der Waals surface area contributed by atoms with Crippen molar-refractivity contribution in [2.75, 3.05) is 12.4 Å². The number of allylic oxidation sites excluding steroid dienone is 1. The van der Waals surface area contributed by atoms with Crippen LogP contribution in [-0.2, 0) is 14.3 Å². The van der Waals surface area contributed by atoms with Crippen LogP contribution in [0.4, 0.5) is 0 Å². The van der Waals surface area contributed by atoms with Crippen LogP contribution in [-0.4, -0.2) is 34.3 Å². The molecule has 0 unspecified atom stereocenters. The maximum Gasteiger partial charge on any atom is 0.338 e. The topological polar surface area (TPSA) is 59.0 Å². The van der Waals surface area contributed by atoms with Crippen molar-refractivity contribution in [3.8, 4) is 0 Å². The Hall–Kier alpha value is -1.35. The number of thioether (sulfide) groups is 1. The SMILES string of the molecule is CCOC(=O)C1=C(C)N=C2SCCC(=O)N2[C@@H]1c1ccc(I)cc1. The predicted molar refractivity (Wildman–Crippen MR) is 103 cm³/mol. The van der Waals surface area contributed by atoms with Gasteiger partial charge in [0.05, 0.1) is 23.9 Å². The van der Waals surface area contributed by atoms with Crippen molar-refractivity contribution in [3.63, 3.8) is 0 Å². The third-order valence-corrected chi connectivity index (χ3v) is 5.56. The van der Waals surface area contributed by atoms with Gasteiger partial charge in [-0.3, -0.25) is 9.69 Å². The maximum atomic E-state index is 12.6. The lowest BCUT2D eigenvalue weighted by atomic mass is 9.94. The Morgan fingerprint density at radius 3 is 2.79 bits per heavy atom. The van der Waals surface area contributed by atoms with Gasteiger partial charge in [0.25, 0.3) is 0 Å².